The van der Waals surface area contributed by atoms with Crippen LogP contribution in [0.2, 0.25) is 0 Å². The lowest BCUT2D eigenvalue weighted by molar-refractivity contribution is 0.150. The lowest BCUT2D eigenvalue weighted by Crippen LogP contribution is -2.09. The Labute approximate surface area is 88.7 Å². The van der Waals surface area contributed by atoms with Gasteiger partial charge in [0.25, 0.3) is 0 Å². The molecule has 14 heavy (non-hydrogen) atoms. The SMILES string of the molecule is CCOCCc1nnc(CCNC)s1. The molecule has 0 atom stereocenters. The Morgan fingerprint density at radius 2 is 2.00 bits per heavy atom. The Balaban J connectivity index is 2.27. The van der Waals surface area contributed by atoms with Crippen molar-refractivity contribution in [3.63, 3.8) is 0 Å². The average molecular weight is 215 g/mol. The highest BCUT2D eigenvalue weighted by Gasteiger charge is 2.02. The molecule has 0 aliphatic rings. The monoisotopic (exact) mass is 215 g/mol. The van der Waals surface area contributed by atoms with Gasteiger partial charge in [0.2, 0.25) is 0 Å². The predicted octanol–water partition coefficient (Wildman–Crippen LogP) is 0.879. The van der Waals surface area contributed by atoms with E-state index in [4.69, 9.17) is 4.74 Å². The zero-order chi connectivity index (χ0) is 10.2. The molecule has 0 fully saturated rings. The molecule has 1 N–H and O–H groups in total. The van der Waals surface area contributed by atoms with Crippen LogP contribution in [-0.4, -0.2) is 37.0 Å². The zero-order valence-electron chi connectivity index (χ0n) is 8.75. The summed E-state index contributed by atoms with van der Waals surface area (Å²) in [6, 6.07) is 0. The summed E-state index contributed by atoms with van der Waals surface area (Å²) in [5, 5.41) is 13.5. The maximum atomic E-state index is 5.25. The minimum atomic E-state index is 0.747. The van der Waals surface area contributed by atoms with Gasteiger partial charge in [0.05, 0.1) is 6.61 Å². The fourth-order valence-corrected chi connectivity index (χ4v) is 1.85. The van der Waals surface area contributed by atoms with Crippen molar-refractivity contribution in [2.24, 2.45) is 0 Å². The largest absolute Gasteiger partial charge is 0.381 e. The topological polar surface area (TPSA) is 47.0 Å². The van der Waals surface area contributed by atoms with Crippen LogP contribution in [0.5, 0.6) is 0 Å². The molecule has 0 saturated carbocycles. The normalized spacial score (nSPS) is 10.7. The van der Waals surface area contributed by atoms with Crippen molar-refractivity contribution in [3.05, 3.63) is 10.0 Å². The Bertz CT molecular complexity index is 252. The third-order valence-electron chi connectivity index (χ3n) is 1.76. The van der Waals surface area contributed by atoms with E-state index in [1.807, 2.05) is 14.0 Å². The van der Waals surface area contributed by atoms with Crippen LogP contribution in [0, 0.1) is 0 Å². The van der Waals surface area contributed by atoms with Crippen LogP contribution < -0.4 is 5.32 Å². The second kappa shape index (κ2) is 6.86. The molecule has 0 unspecified atom stereocenters. The molecule has 1 aromatic heterocycles. The van der Waals surface area contributed by atoms with Gasteiger partial charge in [-0.3, -0.25) is 0 Å². The van der Waals surface area contributed by atoms with Crippen LogP contribution >= 0.6 is 11.3 Å². The highest BCUT2D eigenvalue weighted by atomic mass is 32.1. The highest BCUT2D eigenvalue weighted by Crippen LogP contribution is 2.10. The molecule has 80 valence electrons. The Morgan fingerprint density at radius 3 is 2.64 bits per heavy atom. The number of rotatable bonds is 7. The first-order valence-corrected chi connectivity index (χ1v) is 5.72. The molecule has 0 amide bonds. The molecule has 1 aromatic rings. The van der Waals surface area contributed by atoms with Crippen molar-refractivity contribution >= 4 is 11.3 Å². The third kappa shape index (κ3) is 4.13. The second-order valence-electron chi connectivity index (χ2n) is 2.89. The summed E-state index contributed by atoms with van der Waals surface area (Å²) in [6.07, 6.45) is 1.84. The van der Waals surface area contributed by atoms with Crippen molar-refractivity contribution in [2.75, 3.05) is 26.8 Å². The van der Waals surface area contributed by atoms with Gasteiger partial charge in [-0.15, -0.1) is 21.5 Å². The number of nitrogens with zero attached hydrogens (tertiary/aromatic N) is 2. The number of aromatic nitrogens is 2. The first-order chi connectivity index (χ1) is 6.86. The maximum Gasteiger partial charge on any atom is 0.119 e. The van der Waals surface area contributed by atoms with E-state index in [9.17, 15) is 0 Å². The van der Waals surface area contributed by atoms with Crippen molar-refractivity contribution in [3.8, 4) is 0 Å². The van der Waals surface area contributed by atoms with Crippen LogP contribution in [0.15, 0.2) is 0 Å². The molecule has 0 saturated heterocycles. The summed E-state index contributed by atoms with van der Waals surface area (Å²) in [7, 11) is 1.94. The van der Waals surface area contributed by atoms with Gasteiger partial charge in [-0.2, -0.15) is 0 Å². The van der Waals surface area contributed by atoms with Gasteiger partial charge in [0, 0.05) is 26.0 Å². The summed E-state index contributed by atoms with van der Waals surface area (Å²) in [5.41, 5.74) is 0. The van der Waals surface area contributed by atoms with Gasteiger partial charge in [0.1, 0.15) is 10.0 Å². The smallest absolute Gasteiger partial charge is 0.119 e. The van der Waals surface area contributed by atoms with Crippen LogP contribution in [0.4, 0.5) is 0 Å². The van der Waals surface area contributed by atoms with Gasteiger partial charge in [-0.1, -0.05) is 0 Å². The fraction of sp³-hybridized carbons (Fsp3) is 0.778. The van der Waals surface area contributed by atoms with Crippen LogP contribution in [0.1, 0.15) is 16.9 Å². The van der Waals surface area contributed by atoms with E-state index in [0.29, 0.717) is 0 Å². The highest BCUT2D eigenvalue weighted by molar-refractivity contribution is 7.11. The summed E-state index contributed by atoms with van der Waals surface area (Å²) in [6.45, 7) is 4.47. The number of nitrogens with one attached hydrogen (secondary N) is 1. The van der Waals surface area contributed by atoms with E-state index in [-0.39, 0.29) is 0 Å². The molecule has 0 aliphatic heterocycles. The Hall–Kier alpha value is -0.520. The van der Waals surface area contributed by atoms with E-state index < -0.39 is 0 Å². The molecular formula is C9H17N3OS. The summed E-state index contributed by atoms with van der Waals surface area (Å²) >= 11 is 1.68. The van der Waals surface area contributed by atoms with E-state index in [2.05, 4.69) is 15.5 Å². The Kier molecular flexibility index (Phi) is 5.66. The van der Waals surface area contributed by atoms with E-state index >= 15 is 0 Å². The zero-order valence-corrected chi connectivity index (χ0v) is 9.56. The van der Waals surface area contributed by atoms with Crippen molar-refractivity contribution < 1.29 is 4.74 Å². The van der Waals surface area contributed by atoms with Gasteiger partial charge < -0.3 is 10.1 Å². The average Bonchev–Trinajstić information content (AvgIpc) is 2.63. The molecule has 0 bridgehead atoms. The number of hydrogen-bond acceptors (Lipinski definition) is 5. The summed E-state index contributed by atoms with van der Waals surface area (Å²) in [4.78, 5) is 0. The third-order valence-corrected chi connectivity index (χ3v) is 2.80. The standard InChI is InChI=1S/C9H17N3OS/c1-3-13-7-5-9-12-11-8(14-9)4-6-10-2/h10H,3-7H2,1-2H3. The number of hydrogen-bond donors (Lipinski definition) is 1. The number of ether oxygens (including phenoxy) is 1. The molecule has 0 aromatic carbocycles. The van der Waals surface area contributed by atoms with Gasteiger partial charge in [-0.05, 0) is 14.0 Å². The quantitative estimate of drug-likeness (QED) is 0.686. The molecular weight excluding hydrogens is 198 g/mol. The van der Waals surface area contributed by atoms with E-state index in [1.54, 1.807) is 11.3 Å². The summed E-state index contributed by atoms with van der Waals surface area (Å²) < 4.78 is 5.25. The first-order valence-electron chi connectivity index (χ1n) is 4.90. The van der Waals surface area contributed by atoms with Crippen LogP contribution in [-0.2, 0) is 17.6 Å². The van der Waals surface area contributed by atoms with Gasteiger partial charge in [-0.25, -0.2) is 0 Å². The fourth-order valence-electron chi connectivity index (χ4n) is 1.03. The molecule has 4 nitrogen and oxygen atoms in total. The van der Waals surface area contributed by atoms with Crippen LogP contribution in [0.25, 0.3) is 0 Å². The minimum Gasteiger partial charge on any atom is -0.381 e. The van der Waals surface area contributed by atoms with Crippen LogP contribution in [0.3, 0.4) is 0 Å². The maximum absolute atomic E-state index is 5.25. The van der Waals surface area contributed by atoms with Crippen molar-refractivity contribution in [2.45, 2.75) is 19.8 Å². The van der Waals surface area contributed by atoms with Crippen molar-refractivity contribution in [1.29, 1.82) is 0 Å². The molecule has 5 heteroatoms. The number of likely N-dealkylation sites (N-methyl/N-ethyl adjacent to an activating group) is 1. The molecule has 0 radical (unpaired) electrons. The predicted molar refractivity (Wildman–Crippen MR) is 57.7 cm³/mol. The lowest BCUT2D eigenvalue weighted by atomic mass is 10.4. The van der Waals surface area contributed by atoms with E-state index in [1.165, 1.54) is 0 Å². The molecule has 1 heterocycles. The first kappa shape index (κ1) is 11.6. The van der Waals surface area contributed by atoms with Gasteiger partial charge in [0.15, 0.2) is 0 Å². The van der Waals surface area contributed by atoms with Crippen molar-refractivity contribution in [1.82, 2.24) is 15.5 Å². The molecule has 0 spiro atoms. The molecule has 0 aliphatic carbocycles. The second-order valence-corrected chi connectivity index (χ2v) is 4.04. The Morgan fingerprint density at radius 1 is 1.29 bits per heavy atom. The van der Waals surface area contributed by atoms with E-state index in [0.717, 1.165) is 42.6 Å². The summed E-state index contributed by atoms with van der Waals surface area (Å²) in [5.74, 6) is 0. The lowest BCUT2D eigenvalue weighted by Gasteiger charge is -1.95. The minimum absolute atomic E-state index is 0.747. The van der Waals surface area contributed by atoms with Gasteiger partial charge >= 0.3 is 0 Å². The molecule has 1 rings (SSSR count).